The van der Waals surface area contributed by atoms with Crippen LogP contribution in [0, 0.1) is 0 Å². The summed E-state index contributed by atoms with van der Waals surface area (Å²) in [4.78, 5) is 31.2. The van der Waals surface area contributed by atoms with Crippen LogP contribution in [-0.2, 0) is 11.3 Å². The smallest absolute Gasteiger partial charge is 0.335 e. The minimum atomic E-state index is -0.986. The molecule has 3 aromatic carbocycles. The molecule has 160 valence electrons. The Morgan fingerprint density at radius 2 is 1.72 bits per heavy atom. The molecule has 0 aliphatic carbocycles. The van der Waals surface area contributed by atoms with Gasteiger partial charge in [0, 0.05) is 0 Å². The normalized spacial score (nSPS) is 16.0. The number of methoxy groups -OCH3 is 1. The SMILES string of the molecule is COc1ccc(/C=C2/SC(=Nc3ccccc3)N(Cc3ccc(C(=O)O)cc3)C2=O)cc1. The van der Waals surface area contributed by atoms with E-state index in [1.165, 1.54) is 23.9 Å². The molecule has 0 spiro atoms. The van der Waals surface area contributed by atoms with Crippen molar-refractivity contribution in [3.63, 3.8) is 0 Å². The number of benzene rings is 3. The third-order valence-electron chi connectivity index (χ3n) is 4.82. The van der Waals surface area contributed by atoms with Gasteiger partial charge in [-0.2, -0.15) is 0 Å². The first-order chi connectivity index (χ1) is 15.5. The van der Waals surface area contributed by atoms with Crippen molar-refractivity contribution >= 4 is 40.6 Å². The van der Waals surface area contributed by atoms with E-state index in [1.807, 2.05) is 60.7 Å². The van der Waals surface area contributed by atoms with Gasteiger partial charge in [0.05, 0.1) is 29.8 Å². The quantitative estimate of drug-likeness (QED) is 0.529. The van der Waals surface area contributed by atoms with Gasteiger partial charge in [-0.05, 0) is 65.4 Å². The van der Waals surface area contributed by atoms with Gasteiger partial charge >= 0.3 is 5.97 Å². The lowest BCUT2D eigenvalue weighted by Crippen LogP contribution is -2.28. The Bertz CT molecular complexity index is 1190. The second kappa shape index (κ2) is 9.53. The highest BCUT2D eigenvalue weighted by Crippen LogP contribution is 2.35. The maximum Gasteiger partial charge on any atom is 0.335 e. The number of nitrogens with zero attached hydrogens (tertiary/aromatic N) is 2. The number of para-hydroxylation sites is 1. The van der Waals surface area contributed by atoms with Gasteiger partial charge in [0.1, 0.15) is 5.75 Å². The molecule has 3 aromatic rings. The lowest BCUT2D eigenvalue weighted by molar-refractivity contribution is -0.122. The number of carbonyl (C=O) groups excluding carboxylic acids is 1. The molecule has 1 aliphatic heterocycles. The summed E-state index contributed by atoms with van der Waals surface area (Å²) >= 11 is 1.32. The van der Waals surface area contributed by atoms with E-state index < -0.39 is 5.97 Å². The summed E-state index contributed by atoms with van der Waals surface area (Å²) in [6.07, 6.45) is 1.83. The topological polar surface area (TPSA) is 79.2 Å². The number of aromatic carboxylic acids is 1. The van der Waals surface area contributed by atoms with E-state index in [0.717, 1.165) is 22.6 Å². The summed E-state index contributed by atoms with van der Waals surface area (Å²) in [6.45, 7) is 0.289. The molecular weight excluding hydrogens is 424 g/mol. The molecule has 7 heteroatoms. The summed E-state index contributed by atoms with van der Waals surface area (Å²) in [5, 5.41) is 9.69. The standard InChI is InChI=1S/C25H20N2O4S/c1-31-21-13-9-17(10-14-21)15-22-23(28)27(16-18-7-11-19(12-8-18)24(29)30)25(32-22)26-20-5-3-2-4-6-20/h2-15H,16H2,1H3,(H,29,30)/b22-15+,26-25?. The Labute approximate surface area is 189 Å². The van der Waals surface area contributed by atoms with E-state index in [4.69, 9.17) is 9.84 Å². The van der Waals surface area contributed by atoms with Crippen LogP contribution in [0.3, 0.4) is 0 Å². The molecule has 6 nitrogen and oxygen atoms in total. The second-order valence-electron chi connectivity index (χ2n) is 7.01. The van der Waals surface area contributed by atoms with E-state index in [1.54, 1.807) is 24.1 Å². The number of thioether (sulfide) groups is 1. The van der Waals surface area contributed by atoms with Crippen molar-refractivity contribution < 1.29 is 19.4 Å². The molecule has 1 heterocycles. The fourth-order valence-corrected chi connectivity index (χ4v) is 4.13. The number of carbonyl (C=O) groups is 2. The predicted molar refractivity (Wildman–Crippen MR) is 126 cm³/mol. The van der Waals surface area contributed by atoms with E-state index in [2.05, 4.69) is 4.99 Å². The molecule has 1 saturated heterocycles. The molecule has 0 bridgehead atoms. The van der Waals surface area contributed by atoms with Crippen LogP contribution in [0.25, 0.3) is 6.08 Å². The van der Waals surface area contributed by atoms with Crippen molar-refractivity contribution in [3.8, 4) is 5.75 Å². The number of carboxylic acids is 1. The Morgan fingerprint density at radius 1 is 1.03 bits per heavy atom. The van der Waals surface area contributed by atoms with Gasteiger partial charge in [0.2, 0.25) is 0 Å². The van der Waals surface area contributed by atoms with Crippen LogP contribution in [-0.4, -0.2) is 34.2 Å². The molecular formula is C25H20N2O4S. The van der Waals surface area contributed by atoms with Crippen LogP contribution >= 0.6 is 11.8 Å². The molecule has 32 heavy (non-hydrogen) atoms. The Hall–Kier alpha value is -3.84. The summed E-state index contributed by atoms with van der Waals surface area (Å²) in [7, 11) is 1.61. The number of amidine groups is 1. The van der Waals surface area contributed by atoms with Crippen molar-refractivity contribution in [1.29, 1.82) is 0 Å². The molecule has 0 saturated carbocycles. The van der Waals surface area contributed by atoms with Crippen molar-refractivity contribution in [2.45, 2.75) is 6.54 Å². The number of aliphatic imine (C=N–C) groups is 1. The van der Waals surface area contributed by atoms with Crippen molar-refractivity contribution in [2.75, 3.05) is 7.11 Å². The molecule has 0 atom stereocenters. The molecule has 1 amide bonds. The van der Waals surface area contributed by atoms with Gasteiger partial charge in [-0.15, -0.1) is 0 Å². The molecule has 0 radical (unpaired) electrons. The highest BCUT2D eigenvalue weighted by Gasteiger charge is 2.33. The van der Waals surface area contributed by atoms with E-state index in [9.17, 15) is 9.59 Å². The van der Waals surface area contributed by atoms with Gasteiger partial charge in [-0.25, -0.2) is 9.79 Å². The first-order valence-electron chi connectivity index (χ1n) is 9.85. The Balaban J connectivity index is 1.65. The molecule has 1 fully saturated rings. The van der Waals surface area contributed by atoms with Crippen molar-refractivity contribution in [1.82, 2.24) is 4.90 Å². The predicted octanol–water partition coefficient (Wildman–Crippen LogP) is 5.20. The van der Waals surface area contributed by atoms with Gasteiger partial charge < -0.3 is 9.84 Å². The number of hydrogen-bond donors (Lipinski definition) is 1. The number of carboxylic acid groups (broad SMARTS) is 1. The van der Waals surface area contributed by atoms with E-state index >= 15 is 0 Å². The van der Waals surface area contributed by atoms with Crippen LogP contribution in [0.4, 0.5) is 5.69 Å². The van der Waals surface area contributed by atoms with Crippen LogP contribution in [0.2, 0.25) is 0 Å². The Kier molecular flexibility index (Phi) is 6.37. The second-order valence-corrected chi connectivity index (χ2v) is 8.02. The van der Waals surface area contributed by atoms with Gasteiger partial charge in [0.25, 0.3) is 5.91 Å². The van der Waals surface area contributed by atoms with Crippen LogP contribution in [0.1, 0.15) is 21.5 Å². The fraction of sp³-hybridized carbons (Fsp3) is 0.0800. The molecule has 1 N–H and O–H groups in total. The lowest BCUT2D eigenvalue weighted by atomic mass is 10.1. The lowest BCUT2D eigenvalue weighted by Gasteiger charge is -2.16. The molecule has 0 aromatic heterocycles. The highest BCUT2D eigenvalue weighted by molar-refractivity contribution is 8.18. The maximum atomic E-state index is 13.3. The van der Waals surface area contributed by atoms with Crippen molar-refractivity contribution in [2.24, 2.45) is 4.99 Å². The minimum absolute atomic E-state index is 0.150. The monoisotopic (exact) mass is 444 g/mol. The molecule has 4 rings (SSSR count). The number of rotatable bonds is 6. The van der Waals surface area contributed by atoms with Crippen LogP contribution in [0.15, 0.2) is 88.8 Å². The Morgan fingerprint density at radius 3 is 2.34 bits per heavy atom. The summed E-state index contributed by atoms with van der Waals surface area (Å²) in [5.41, 5.74) is 2.65. The van der Waals surface area contributed by atoms with Crippen molar-refractivity contribution in [3.05, 3.63) is 100 Å². The van der Waals surface area contributed by atoms with Gasteiger partial charge in [0.15, 0.2) is 5.17 Å². The number of ether oxygens (including phenoxy) is 1. The molecule has 1 aliphatic rings. The largest absolute Gasteiger partial charge is 0.497 e. The first-order valence-corrected chi connectivity index (χ1v) is 10.7. The first kappa shape index (κ1) is 21.4. The highest BCUT2D eigenvalue weighted by atomic mass is 32.2. The summed E-state index contributed by atoms with van der Waals surface area (Å²) in [5.74, 6) is -0.390. The third kappa shape index (κ3) is 4.90. The molecule has 0 unspecified atom stereocenters. The summed E-state index contributed by atoms with van der Waals surface area (Å²) < 4.78 is 5.19. The van der Waals surface area contributed by atoms with Crippen LogP contribution in [0.5, 0.6) is 5.75 Å². The zero-order valence-corrected chi connectivity index (χ0v) is 18.1. The van der Waals surface area contributed by atoms with E-state index in [-0.39, 0.29) is 18.0 Å². The zero-order valence-electron chi connectivity index (χ0n) is 17.3. The fourth-order valence-electron chi connectivity index (χ4n) is 3.13. The average molecular weight is 445 g/mol. The number of hydrogen-bond acceptors (Lipinski definition) is 5. The van der Waals surface area contributed by atoms with Gasteiger partial charge in [-0.3, -0.25) is 9.69 Å². The van der Waals surface area contributed by atoms with Gasteiger partial charge in [-0.1, -0.05) is 42.5 Å². The maximum absolute atomic E-state index is 13.3. The average Bonchev–Trinajstić information content (AvgIpc) is 3.09. The van der Waals surface area contributed by atoms with E-state index in [0.29, 0.717) is 10.1 Å². The third-order valence-corrected chi connectivity index (χ3v) is 5.83. The van der Waals surface area contributed by atoms with Crippen LogP contribution < -0.4 is 4.74 Å². The minimum Gasteiger partial charge on any atom is -0.497 e. The zero-order chi connectivity index (χ0) is 22.5. The summed E-state index contributed by atoms with van der Waals surface area (Å²) in [6, 6.07) is 23.4. The number of amides is 1.